The van der Waals surface area contributed by atoms with Crippen molar-refractivity contribution in [2.75, 3.05) is 14.2 Å². The highest BCUT2D eigenvalue weighted by atomic mass is 32.2. The van der Waals surface area contributed by atoms with E-state index in [4.69, 9.17) is 19.9 Å². The quantitative estimate of drug-likeness (QED) is 0.197. The second kappa shape index (κ2) is 11.9. The topological polar surface area (TPSA) is 79.0 Å². The molecule has 2 N–H and O–H groups in total. The summed E-state index contributed by atoms with van der Waals surface area (Å²) in [5.41, 5.74) is 6.97. The number of allylic oxidation sites excluding steroid dienone is 3. The Labute approximate surface area is 202 Å². The molecule has 3 rings (SSSR count). The van der Waals surface area contributed by atoms with E-state index in [-0.39, 0.29) is 16.8 Å². The van der Waals surface area contributed by atoms with Gasteiger partial charge in [-0.2, -0.15) is 0 Å². The molecule has 8 heteroatoms. The summed E-state index contributed by atoms with van der Waals surface area (Å²) in [4.78, 5) is 8.58. The molecule has 1 aromatic heterocycles. The number of halogens is 1. The summed E-state index contributed by atoms with van der Waals surface area (Å²) in [6.45, 7) is 7.51. The molecular weight excluding hydrogens is 453 g/mol. The van der Waals surface area contributed by atoms with E-state index in [0.717, 1.165) is 6.42 Å². The predicted octanol–water partition coefficient (Wildman–Crippen LogP) is 6.75. The average molecular weight is 480 g/mol. The molecule has 6 nitrogen and oxygen atoms in total. The summed E-state index contributed by atoms with van der Waals surface area (Å²) in [5, 5.41) is 2.77. The van der Waals surface area contributed by atoms with Gasteiger partial charge in [0.05, 0.1) is 25.4 Å². The Hall–Kier alpha value is -3.78. The number of hydrogen-bond acceptors (Lipinski definition) is 6. The van der Waals surface area contributed by atoms with Crippen LogP contribution in [0, 0.1) is 11.7 Å². The highest BCUT2D eigenvalue weighted by Gasteiger charge is 2.13. The van der Waals surface area contributed by atoms with Crippen molar-refractivity contribution >= 4 is 33.5 Å². The van der Waals surface area contributed by atoms with E-state index in [9.17, 15) is 4.39 Å². The first-order valence-corrected chi connectivity index (χ1v) is 11.3. The summed E-state index contributed by atoms with van der Waals surface area (Å²) in [7, 11) is 3.09. The van der Waals surface area contributed by atoms with E-state index in [1.165, 1.54) is 23.9 Å². The Morgan fingerprint density at radius 2 is 1.88 bits per heavy atom. The molecule has 0 radical (unpaired) electrons. The Morgan fingerprint density at radius 1 is 1.12 bits per heavy atom. The van der Waals surface area contributed by atoms with Gasteiger partial charge in [-0.3, -0.25) is 4.98 Å². The van der Waals surface area contributed by atoms with Gasteiger partial charge in [0, 0.05) is 23.7 Å². The Kier molecular flexibility index (Phi) is 8.70. The van der Waals surface area contributed by atoms with Crippen LogP contribution in [0.25, 0.3) is 10.9 Å². The Bertz CT molecular complexity index is 1240. The van der Waals surface area contributed by atoms with Gasteiger partial charge in [-0.05, 0) is 42.0 Å². The van der Waals surface area contributed by atoms with E-state index in [0.29, 0.717) is 33.8 Å². The molecular formula is C26H26FN3O3S. The maximum atomic E-state index is 14.8. The lowest BCUT2D eigenvalue weighted by molar-refractivity contribution is 0.355. The van der Waals surface area contributed by atoms with Crippen LogP contribution < -0.4 is 19.9 Å². The van der Waals surface area contributed by atoms with Gasteiger partial charge in [-0.25, -0.2) is 9.38 Å². The lowest BCUT2D eigenvalue weighted by atomic mass is 10.1. The fraction of sp³-hybridized carbons (Fsp3) is 0.154. The van der Waals surface area contributed by atoms with Crippen LogP contribution in [-0.2, 0) is 0 Å². The van der Waals surface area contributed by atoms with Gasteiger partial charge in [0.15, 0.2) is 28.2 Å². The summed E-state index contributed by atoms with van der Waals surface area (Å²) < 4.78 is 31.3. The molecule has 3 aromatic rings. The van der Waals surface area contributed by atoms with Crippen LogP contribution in [0.4, 0.5) is 10.1 Å². The first-order valence-electron chi connectivity index (χ1n) is 10.4. The van der Waals surface area contributed by atoms with Gasteiger partial charge in [0.2, 0.25) is 0 Å². The zero-order valence-electron chi connectivity index (χ0n) is 19.0. The van der Waals surface area contributed by atoms with E-state index in [2.05, 4.69) is 23.1 Å². The van der Waals surface area contributed by atoms with Crippen LogP contribution in [0.3, 0.4) is 0 Å². The Balaban J connectivity index is 1.79. The van der Waals surface area contributed by atoms with Crippen LogP contribution >= 0.6 is 11.8 Å². The van der Waals surface area contributed by atoms with E-state index >= 15 is 0 Å². The predicted molar refractivity (Wildman–Crippen MR) is 138 cm³/mol. The van der Waals surface area contributed by atoms with Crippen LogP contribution in [0.5, 0.6) is 23.0 Å². The monoisotopic (exact) mass is 479 g/mol. The van der Waals surface area contributed by atoms with E-state index in [1.54, 1.807) is 44.7 Å². The minimum atomic E-state index is -0.572. The van der Waals surface area contributed by atoms with Crippen molar-refractivity contribution in [1.82, 2.24) is 4.98 Å². The highest BCUT2D eigenvalue weighted by molar-refractivity contribution is 8.16. The molecule has 0 spiro atoms. The van der Waals surface area contributed by atoms with E-state index in [1.807, 2.05) is 23.6 Å². The number of benzene rings is 2. The highest BCUT2D eigenvalue weighted by Crippen LogP contribution is 2.37. The minimum absolute atomic E-state index is 0.0469. The number of nitrogens with zero attached hydrogens (tertiary/aromatic N) is 2. The molecule has 1 atom stereocenters. The van der Waals surface area contributed by atoms with Crippen molar-refractivity contribution in [1.29, 1.82) is 0 Å². The summed E-state index contributed by atoms with van der Waals surface area (Å²) in [5.74, 6) is 1.14. The van der Waals surface area contributed by atoms with Gasteiger partial charge in [-0.1, -0.05) is 30.0 Å². The fourth-order valence-corrected chi connectivity index (χ4v) is 3.68. The first-order chi connectivity index (χ1) is 16.5. The molecule has 0 bridgehead atoms. The molecule has 0 saturated heterocycles. The number of methoxy groups -OCH3 is 2. The third kappa shape index (κ3) is 6.17. The van der Waals surface area contributed by atoms with Crippen molar-refractivity contribution < 1.29 is 18.6 Å². The van der Waals surface area contributed by atoms with Gasteiger partial charge in [0.1, 0.15) is 5.75 Å². The molecule has 0 aliphatic carbocycles. The zero-order valence-corrected chi connectivity index (χ0v) is 19.8. The van der Waals surface area contributed by atoms with Gasteiger partial charge in [-0.15, -0.1) is 13.2 Å². The van der Waals surface area contributed by atoms with Crippen molar-refractivity contribution in [3.05, 3.63) is 85.2 Å². The van der Waals surface area contributed by atoms with E-state index < -0.39 is 5.82 Å². The van der Waals surface area contributed by atoms with Gasteiger partial charge < -0.3 is 19.9 Å². The smallest absolute Gasteiger partial charge is 0.167 e. The molecule has 0 saturated carbocycles. The molecule has 1 heterocycles. The maximum absolute atomic E-state index is 14.8. The number of nitrogens with two attached hydrogens (primary N) is 1. The average Bonchev–Trinajstić information content (AvgIpc) is 2.84. The minimum Gasteiger partial charge on any atom is -0.493 e. The lowest BCUT2D eigenvalue weighted by Crippen LogP contribution is -2.04. The summed E-state index contributed by atoms with van der Waals surface area (Å²) in [6.07, 6.45) is 7.99. The molecule has 34 heavy (non-hydrogen) atoms. The molecule has 0 aliphatic rings. The van der Waals surface area contributed by atoms with Crippen LogP contribution in [-0.4, -0.2) is 24.4 Å². The normalized spacial score (nSPS) is 12.5. The number of rotatable bonds is 10. The van der Waals surface area contributed by atoms with Crippen LogP contribution in [0.15, 0.2) is 84.4 Å². The second-order valence-electron chi connectivity index (χ2n) is 7.07. The summed E-state index contributed by atoms with van der Waals surface area (Å²) >= 11 is 1.24. The molecule has 0 aliphatic heterocycles. The maximum Gasteiger partial charge on any atom is 0.167 e. The van der Waals surface area contributed by atoms with Crippen molar-refractivity contribution in [2.45, 2.75) is 6.42 Å². The van der Waals surface area contributed by atoms with Gasteiger partial charge in [0.25, 0.3) is 0 Å². The van der Waals surface area contributed by atoms with Gasteiger partial charge >= 0.3 is 0 Å². The molecule has 1 unspecified atom stereocenters. The number of thioether (sulfide) groups is 1. The second-order valence-corrected chi connectivity index (χ2v) is 8.00. The SMILES string of the molecule is C=CCC(C=C)/C=C/SC(N)=Nc1ccc(Oc2ccnc3cc(OC)c(OC)cc23)c(F)c1. The molecule has 2 aromatic carbocycles. The Morgan fingerprint density at radius 3 is 2.56 bits per heavy atom. The number of fused-ring (bicyclic) bond motifs is 1. The standard InChI is InChI=1S/C26H26FN3O3S/c1-5-7-17(6-2)11-13-34-26(28)30-18-8-9-23(20(27)14-18)33-22-10-12-29-21-16-25(32-4)24(31-3)15-19(21)22/h5-6,8-17H,1-2,7H2,3-4H3,(H2,28,30)/b13-11+. The molecule has 0 amide bonds. The number of hydrogen-bond donors (Lipinski definition) is 1. The van der Waals surface area contributed by atoms with Crippen molar-refractivity contribution in [2.24, 2.45) is 16.6 Å². The fourth-order valence-electron chi connectivity index (χ4n) is 3.11. The van der Waals surface area contributed by atoms with Crippen LogP contribution in [0.2, 0.25) is 0 Å². The van der Waals surface area contributed by atoms with Crippen molar-refractivity contribution in [3.8, 4) is 23.0 Å². The lowest BCUT2D eigenvalue weighted by Gasteiger charge is -2.12. The first kappa shape index (κ1) is 24.9. The number of aliphatic imine (C=N–C) groups is 1. The third-order valence-electron chi connectivity index (χ3n) is 4.84. The summed E-state index contributed by atoms with van der Waals surface area (Å²) in [6, 6.07) is 9.54. The number of pyridine rings is 1. The molecule has 0 fully saturated rings. The zero-order chi connectivity index (χ0) is 24.5. The van der Waals surface area contributed by atoms with Crippen molar-refractivity contribution in [3.63, 3.8) is 0 Å². The van der Waals surface area contributed by atoms with Crippen LogP contribution in [0.1, 0.15) is 6.42 Å². The third-order valence-corrected chi connectivity index (χ3v) is 5.46. The largest absolute Gasteiger partial charge is 0.493 e. The number of amidine groups is 1. The number of aromatic nitrogens is 1. The number of ether oxygens (including phenoxy) is 3. The molecule has 176 valence electrons.